The topological polar surface area (TPSA) is 60.0 Å². The third-order valence-electron chi connectivity index (χ3n) is 3.50. The predicted molar refractivity (Wildman–Crippen MR) is 77.9 cm³/mol. The summed E-state index contributed by atoms with van der Waals surface area (Å²) < 4.78 is 16.5. The van der Waals surface area contributed by atoms with Gasteiger partial charge in [-0.15, -0.1) is 0 Å². The molecule has 0 aliphatic carbocycles. The molecule has 0 unspecified atom stereocenters. The molecule has 0 radical (unpaired) electrons. The maximum absolute atomic E-state index is 12.1. The van der Waals surface area contributed by atoms with Crippen molar-refractivity contribution in [2.75, 3.05) is 51.4 Å². The predicted octanol–water partition coefficient (Wildman–Crippen LogP) is 1.12. The van der Waals surface area contributed by atoms with Crippen LogP contribution in [0.5, 0.6) is 11.5 Å². The lowest BCUT2D eigenvalue weighted by molar-refractivity contribution is -0.118. The zero-order valence-corrected chi connectivity index (χ0v) is 12.0. The lowest BCUT2D eigenvalue weighted by atomic mass is 10.2. The van der Waals surface area contributed by atoms with E-state index in [1.165, 1.54) is 0 Å². The largest absolute Gasteiger partial charge is 0.490 e. The van der Waals surface area contributed by atoms with Gasteiger partial charge in [-0.3, -0.25) is 9.69 Å². The van der Waals surface area contributed by atoms with Crippen LogP contribution in [0.2, 0.25) is 0 Å². The maximum atomic E-state index is 12.1. The van der Waals surface area contributed by atoms with E-state index in [-0.39, 0.29) is 5.91 Å². The average molecular weight is 292 g/mol. The van der Waals surface area contributed by atoms with E-state index in [1.54, 1.807) is 0 Å². The molecule has 6 nitrogen and oxygen atoms in total. The highest BCUT2D eigenvalue weighted by atomic mass is 16.5. The summed E-state index contributed by atoms with van der Waals surface area (Å²) >= 11 is 0. The van der Waals surface area contributed by atoms with Crippen LogP contribution in [0, 0.1) is 0 Å². The third kappa shape index (κ3) is 3.86. The Balaban J connectivity index is 1.59. The van der Waals surface area contributed by atoms with E-state index < -0.39 is 0 Å². The number of rotatable bonds is 3. The van der Waals surface area contributed by atoms with Crippen LogP contribution in [0.25, 0.3) is 0 Å². The van der Waals surface area contributed by atoms with E-state index >= 15 is 0 Å². The number of carbonyl (C=O) groups excluding carboxylic acids is 1. The quantitative estimate of drug-likeness (QED) is 0.904. The number of anilines is 1. The van der Waals surface area contributed by atoms with Gasteiger partial charge in [0.1, 0.15) is 0 Å². The molecule has 0 saturated carbocycles. The number of benzene rings is 1. The van der Waals surface area contributed by atoms with Gasteiger partial charge in [0.15, 0.2) is 11.5 Å². The average Bonchev–Trinajstić information content (AvgIpc) is 2.73. The number of carbonyl (C=O) groups is 1. The van der Waals surface area contributed by atoms with Crippen molar-refractivity contribution in [2.45, 2.75) is 6.42 Å². The van der Waals surface area contributed by atoms with Crippen molar-refractivity contribution in [2.24, 2.45) is 0 Å². The monoisotopic (exact) mass is 292 g/mol. The van der Waals surface area contributed by atoms with Crippen LogP contribution < -0.4 is 14.8 Å². The first kappa shape index (κ1) is 14.2. The van der Waals surface area contributed by atoms with Crippen LogP contribution in [0.3, 0.4) is 0 Å². The molecule has 2 heterocycles. The lowest BCUT2D eigenvalue weighted by Crippen LogP contribution is -2.41. The lowest BCUT2D eigenvalue weighted by Gasteiger charge is -2.25. The van der Waals surface area contributed by atoms with Crippen molar-refractivity contribution in [1.82, 2.24) is 4.90 Å². The number of amides is 1. The van der Waals surface area contributed by atoms with Crippen molar-refractivity contribution in [3.05, 3.63) is 18.2 Å². The zero-order valence-electron chi connectivity index (χ0n) is 12.0. The summed E-state index contributed by atoms with van der Waals surface area (Å²) in [7, 11) is 0. The number of ether oxygens (including phenoxy) is 3. The molecular weight excluding hydrogens is 272 g/mol. The summed E-state index contributed by atoms with van der Waals surface area (Å²) in [4.78, 5) is 14.1. The minimum absolute atomic E-state index is 0.0219. The first-order valence-electron chi connectivity index (χ1n) is 7.31. The molecule has 3 rings (SSSR count). The minimum Gasteiger partial charge on any atom is -0.490 e. The van der Waals surface area contributed by atoms with Crippen molar-refractivity contribution in [3.8, 4) is 11.5 Å². The molecule has 1 aromatic carbocycles. The molecule has 0 aromatic heterocycles. The maximum Gasteiger partial charge on any atom is 0.238 e. The van der Waals surface area contributed by atoms with Crippen LogP contribution in [0.1, 0.15) is 6.42 Å². The van der Waals surface area contributed by atoms with Crippen molar-refractivity contribution in [3.63, 3.8) is 0 Å². The van der Waals surface area contributed by atoms with Gasteiger partial charge in [0.05, 0.1) is 33.0 Å². The van der Waals surface area contributed by atoms with Gasteiger partial charge in [-0.25, -0.2) is 0 Å². The number of hydrogen-bond donors (Lipinski definition) is 1. The Morgan fingerprint density at radius 3 is 2.67 bits per heavy atom. The number of hydrogen-bond acceptors (Lipinski definition) is 5. The fourth-order valence-corrected chi connectivity index (χ4v) is 2.40. The van der Waals surface area contributed by atoms with E-state index in [4.69, 9.17) is 14.2 Å². The molecule has 0 bridgehead atoms. The standard InChI is InChI=1S/C15H20N2O4/c18-15(11-17-4-8-19-9-5-17)16-12-2-3-13-14(10-12)21-7-1-6-20-13/h2-3,10H,1,4-9,11H2,(H,16,18). The van der Waals surface area contributed by atoms with Crippen LogP contribution in [0.15, 0.2) is 18.2 Å². The van der Waals surface area contributed by atoms with E-state index in [9.17, 15) is 4.79 Å². The molecule has 114 valence electrons. The van der Waals surface area contributed by atoms with Gasteiger partial charge in [-0.2, -0.15) is 0 Å². The smallest absolute Gasteiger partial charge is 0.238 e. The Morgan fingerprint density at radius 2 is 1.86 bits per heavy atom. The fourth-order valence-electron chi connectivity index (χ4n) is 2.40. The molecule has 6 heteroatoms. The van der Waals surface area contributed by atoms with Gasteiger partial charge in [0.25, 0.3) is 0 Å². The molecular formula is C15H20N2O4. The van der Waals surface area contributed by atoms with Crippen LogP contribution in [-0.2, 0) is 9.53 Å². The van der Waals surface area contributed by atoms with Gasteiger partial charge >= 0.3 is 0 Å². The van der Waals surface area contributed by atoms with E-state index in [1.807, 2.05) is 18.2 Å². The fraction of sp³-hybridized carbons (Fsp3) is 0.533. The Morgan fingerprint density at radius 1 is 1.10 bits per heavy atom. The molecule has 2 aliphatic rings. The van der Waals surface area contributed by atoms with E-state index in [0.29, 0.717) is 38.7 Å². The SMILES string of the molecule is O=C(CN1CCOCC1)Nc1ccc2c(c1)OCCCO2. The Labute approximate surface area is 124 Å². The molecule has 21 heavy (non-hydrogen) atoms. The molecule has 1 amide bonds. The van der Waals surface area contributed by atoms with Crippen molar-refractivity contribution < 1.29 is 19.0 Å². The number of morpholine rings is 1. The molecule has 1 aromatic rings. The third-order valence-corrected chi connectivity index (χ3v) is 3.50. The van der Waals surface area contributed by atoms with E-state index in [2.05, 4.69) is 10.2 Å². The second kappa shape index (κ2) is 6.78. The van der Waals surface area contributed by atoms with Gasteiger partial charge in [-0.1, -0.05) is 0 Å². The van der Waals surface area contributed by atoms with Crippen LogP contribution in [-0.4, -0.2) is 56.9 Å². The first-order chi connectivity index (χ1) is 10.3. The minimum atomic E-state index is -0.0219. The first-order valence-corrected chi connectivity index (χ1v) is 7.31. The highest BCUT2D eigenvalue weighted by Crippen LogP contribution is 2.32. The van der Waals surface area contributed by atoms with Gasteiger partial charge in [0.2, 0.25) is 5.91 Å². The van der Waals surface area contributed by atoms with Crippen LogP contribution >= 0.6 is 0 Å². The summed E-state index contributed by atoms with van der Waals surface area (Å²) in [5.41, 5.74) is 0.734. The Kier molecular flexibility index (Phi) is 4.57. The molecule has 1 N–H and O–H groups in total. The summed E-state index contributed by atoms with van der Waals surface area (Å²) in [5, 5.41) is 2.90. The zero-order chi connectivity index (χ0) is 14.5. The molecule has 1 fully saturated rings. The van der Waals surface area contributed by atoms with E-state index in [0.717, 1.165) is 30.9 Å². The summed E-state index contributed by atoms with van der Waals surface area (Å²) in [6.07, 6.45) is 0.868. The molecule has 1 saturated heterocycles. The number of nitrogens with zero attached hydrogens (tertiary/aromatic N) is 1. The summed E-state index contributed by atoms with van der Waals surface area (Å²) in [6.45, 7) is 4.67. The molecule has 0 atom stereocenters. The number of nitrogens with one attached hydrogen (secondary N) is 1. The summed E-state index contributed by atoms with van der Waals surface area (Å²) in [6, 6.07) is 5.49. The second-order valence-electron chi connectivity index (χ2n) is 5.15. The Bertz CT molecular complexity index is 500. The van der Waals surface area contributed by atoms with Crippen molar-refractivity contribution in [1.29, 1.82) is 0 Å². The summed E-state index contributed by atoms with van der Waals surface area (Å²) in [5.74, 6) is 1.40. The Hall–Kier alpha value is -1.79. The van der Waals surface area contributed by atoms with Crippen LogP contribution in [0.4, 0.5) is 5.69 Å². The second-order valence-corrected chi connectivity index (χ2v) is 5.15. The van der Waals surface area contributed by atoms with Gasteiger partial charge in [0, 0.05) is 31.3 Å². The normalized spacial score (nSPS) is 18.9. The number of fused-ring (bicyclic) bond motifs is 1. The molecule has 0 spiro atoms. The highest BCUT2D eigenvalue weighted by molar-refractivity contribution is 5.92. The van der Waals surface area contributed by atoms with Gasteiger partial charge in [-0.05, 0) is 12.1 Å². The van der Waals surface area contributed by atoms with Gasteiger partial charge < -0.3 is 19.5 Å². The molecule has 2 aliphatic heterocycles. The highest BCUT2D eigenvalue weighted by Gasteiger charge is 2.15. The van der Waals surface area contributed by atoms with Crippen molar-refractivity contribution >= 4 is 11.6 Å².